The Balaban J connectivity index is 1.28. The minimum atomic E-state index is -0.120. The summed E-state index contributed by atoms with van der Waals surface area (Å²) >= 11 is 0. The average molecular weight is 650 g/mol. The van der Waals surface area contributed by atoms with E-state index < -0.39 is 0 Å². The lowest BCUT2D eigenvalue weighted by atomic mass is 9.26. The Morgan fingerprint density at radius 2 is 0.902 bits per heavy atom. The summed E-state index contributed by atoms with van der Waals surface area (Å²) in [7, 11) is 0. The highest BCUT2D eigenvalue weighted by Gasteiger charge is 2.51. The summed E-state index contributed by atoms with van der Waals surface area (Å²) in [5.74, 6) is 0. The van der Waals surface area contributed by atoms with Crippen LogP contribution in [-0.2, 0) is 10.8 Å². The van der Waals surface area contributed by atoms with E-state index >= 15 is 0 Å². The van der Waals surface area contributed by atoms with E-state index in [0.717, 1.165) is 0 Å². The van der Waals surface area contributed by atoms with Crippen molar-refractivity contribution in [1.29, 1.82) is 0 Å². The van der Waals surface area contributed by atoms with Crippen LogP contribution in [0, 0.1) is 0 Å². The minimum Gasteiger partial charge on any atom is -0.313 e. The summed E-state index contributed by atoms with van der Waals surface area (Å²) in [6.45, 7) is 9.92. The third kappa shape index (κ3) is 3.72. The first-order chi connectivity index (χ1) is 24.8. The predicted molar refractivity (Wildman–Crippen MR) is 216 cm³/mol. The second-order valence-electron chi connectivity index (χ2n) is 15.9. The third-order valence-corrected chi connectivity index (χ3v) is 12.7. The number of aromatic nitrogens is 1. The van der Waals surface area contributed by atoms with E-state index in [-0.39, 0.29) is 24.3 Å². The number of pyridine rings is 1. The van der Waals surface area contributed by atoms with Crippen molar-refractivity contribution in [2.24, 2.45) is 0 Å². The van der Waals surface area contributed by atoms with Gasteiger partial charge >= 0.3 is 0 Å². The summed E-state index contributed by atoms with van der Waals surface area (Å²) < 4.78 is 0. The number of hydrogen-bond donors (Lipinski definition) is 0. The van der Waals surface area contributed by atoms with Crippen LogP contribution in [0.1, 0.15) is 49.9 Å². The summed E-state index contributed by atoms with van der Waals surface area (Å²) in [6, 6.07) is 50.9. The molecule has 4 aliphatic heterocycles. The number of fused-ring (bicyclic) bond motifs is 8. The van der Waals surface area contributed by atoms with Crippen molar-refractivity contribution in [3.63, 3.8) is 0 Å². The van der Waals surface area contributed by atoms with Gasteiger partial charge in [-0.15, -0.1) is 0 Å². The van der Waals surface area contributed by atoms with Crippen molar-refractivity contribution in [3.8, 4) is 22.3 Å². The van der Waals surface area contributed by atoms with Crippen LogP contribution < -0.4 is 37.7 Å². The van der Waals surface area contributed by atoms with E-state index in [1.54, 1.807) is 0 Å². The number of anilines is 3. The molecule has 7 aromatic rings. The van der Waals surface area contributed by atoms with Crippen LogP contribution in [0.4, 0.5) is 17.1 Å². The molecule has 1 aromatic heterocycles. The van der Waals surface area contributed by atoms with Crippen molar-refractivity contribution in [2.45, 2.75) is 38.5 Å². The van der Waals surface area contributed by atoms with Gasteiger partial charge in [0.25, 0.3) is 0 Å². The molecule has 0 N–H and O–H groups in total. The lowest BCUT2D eigenvalue weighted by molar-refractivity contribution is 0.645. The number of benzene rings is 6. The first-order valence-electron chi connectivity index (χ1n) is 18.3. The topological polar surface area (TPSA) is 16.1 Å². The Morgan fingerprint density at radius 1 is 0.431 bits per heavy atom. The average Bonchev–Trinajstić information content (AvgIpc) is 3.17. The molecule has 240 valence electrons. The Bertz CT molecular complexity index is 2480. The molecule has 0 bridgehead atoms. The molecule has 51 heavy (non-hydrogen) atoms. The van der Waals surface area contributed by atoms with Crippen molar-refractivity contribution < 1.29 is 0 Å². The Kier molecular flexibility index (Phi) is 5.72. The van der Waals surface area contributed by atoms with Gasteiger partial charge in [0.05, 0.1) is 0 Å². The zero-order valence-corrected chi connectivity index (χ0v) is 29.4. The van der Waals surface area contributed by atoms with Crippen molar-refractivity contribution in [1.82, 2.24) is 4.98 Å². The number of hydrogen-bond acceptors (Lipinski definition) is 2. The molecule has 6 aromatic carbocycles. The van der Waals surface area contributed by atoms with E-state index in [2.05, 4.69) is 171 Å². The van der Waals surface area contributed by atoms with Crippen LogP contribution in [0.5, 0.6) is 0 Å². The lowest BCUT2D eigenvalue weighted by Crippen LogP contribution is -2.70. The van der Waals surface area contributed by atoms with Gasteiger partial charge in [-0.3, -0.25) is 4.98 Å². The fourth-order valence-electron chi connectivity index (χ4n) is 10.4. The summed E-state index contributed by atoms with van der Waals surface area (Å²) in [5.41, 5.74) is 22.9. The fraction of sp³-hybridized carbons (Fsp3) is 0.128. The van der Waals surface area contributed by atoms with Gasteiger partial charge in [0.15, 0.2) is 0 Å². The highest BCUT2D eigenvalue weighted by Crippen LogP contribution is 2.46. The van der Waals surface area contributed by atoms with E-state index in [0.29, 0.717) is 0 Å². The number of rotatable bonds is 2. The molecule has 0 fully saturated rings. The standard InChI is InChI=1S/C47H36B2N2/c1-46(2)33-14-5-7-18-37(33)48-39-27-32(31-13-9-12-30(26-31)29-22-24-50-25-23-29)28-40-45(39)51(41-20-10-16-35(46)43(41)48)42-21-11-17-36-44(42)49(40)38-19-8-6-15-34(38)47(36,3)4/h5-28H,1-4H3. The zero-order valence-electron chi connectivity index (χ0n) is 29.4. The number of nitrogens with zero attached hydrogens (tertiary/aromatic N) is 2. The van der Waals surface area contributed by atoms with E-state index in [1.165, 1.54) is 94.3 Å². The molecule has 0 saturated carbocycles. The maximum Gasteiger partial charge on any atom is 0.247 e. The van der Waals surface area contributed by atoms with Gasteiger partial charge in [-0.05, 0) is 96.7 Å². The molecular weight excluding hydrogens is 614 g/mol. The van der Waals surface area contributed by atoms with Crippen LogP contribution in [0.25, 0.3) is 22.3 Å². The molecule has 0 aliphatic carbocycles. The Labute approximate surface area is 301 Å². The van der Waals surface area contributed by atoms with Crippen LogP contribution in [0.2, 0.25) is 0 Å². The monoisotopic (exact) mass is 650 g/mol. The van der Waals surface area contributed by atoms with Gasteiger partial charge in [0.2, 0.25) is 13.4 Å². The highest BCUT2D eigenvalue weighted by atomic mass is 15.2. The van der Waals surface area contributed by atoms with Crippen LogP contribution in [0.3, 0.4) is 0 Å². The van der Waals surface area contributed by atoms with Gasteiger partial charge in [-0.1, -0.05) is 142 Å². The van der Waals surface area contributed by atoms with Crippen LogP contribution >= 0.6 is 0 Å². The largest absolute Gasteiger partial charge is 0.313 e. The molecule has 0 atom stereocenters. The molecule has 11 rings (SSSR count). The smallest absolute Gasteiger partial charge is 0.247 e. The first-order valence-corrected chi connectivity index (χ1v) is 18.3. The fourth-order valence-corrected chi connectivity index (χ4v) is 10.4. The van der Waals surface area contributed by atoms with Crippen LogP contribution in [0.15, 0.2) is 146 Å². The molecule has 0 saturated heterocycles. The summed E-state index contributed by atoms with van der Waals surface area (Å²) in [4.78, 5) is 6.94. The summed E-state index contributed by atoms with van der Waals surface area (Å²) in [6.07, 6.45) is 3.77. The van der Waals surface area contributed by atoms with Gasteiger partial charge in [-0.25, -0.2) is 0 Å². The van der Waals surface area contributed by atoms with E-state index in [4.69, 9.17) is 0 Å². The second kappa shape index (κ2) is 10.0. The lowest BCUT2D eigenvalue weighted by Gasteiger charge is -2.50. The molecular formula is C47H36B2N2. The normalized spacial score (nSPS) is 16.0. The maximum absolute atomic E-state index is 4.29. The zero-order chi connectivity index (χ0) is 34.2. The Morgan fingerprint density at radius 3 is 1.45 bits per heavy atom. The molecule has 0 unspecified atom stereocenters. The minimum absolute atomic E-state index is 0.120. The molecule has 2 nitrogen and oxygen atoms in total. The van der Waals surface area contributed by atoms with E-state index in [9.17, 15) is 0 Å². The molecule has 4 heteroatoms. The van der Waals surface area contributed by atoms with Gasteiger partial charge in [0.1, 0.15) is 0 Å². The molecule has 0 amide bonds. The molecule has 0 spiro atoms. The summed E-state index contributed by atoms with van der Waals surface area (Å²) in [5, 5.41) is 0. The van der Waals surface area contributed by atoms with Gasteiger partial charge in [0, 0.05) is 40.3 Å². The van der Waals surface area contributed by atoms with E-state index in [1.807, 2.05) is 12.4 Å². The van der Waals surface area contributed by atoms with Crippen molar-refractivity contribution >= 4 is 63.3 Å². The quantitative estimate of drug-likeness (QED) is 0.191. The van der Waals surface area contributed by atoms with Gasteiger partial charge in [-0.2, -0.15) is 0 Å². The third-order valence-electron chi connectivity index (χ3n) is 12.7. The highest BCUT2D eigenvalue weighted by molar-refractivity contribution is 7.03. The molecule has 0 radical (unpaired) electrons. The molecule has 4 aliphatic rings. The Hall–Kier alpha value is -5.60. The van der Waals surface area contributed by atoms with Gasteiger partial charge < -0.3 is 4.90 Å². The SMILES string of the molecule is CC1(C)c2ccccc2B2c3cc(-c4cccc(-c5ccncc5)c4)cc4c3N(c3cccc1c32)c1cccc2c1B4c1ccccc1C2(C)C. The molecule has 5 heterocycles. The van der Waals surface area contributed by atoms with Crippen molar-refractivity contribution in [2.75, 3.05) is 4.90 Å². The predicted octanol–water partition coefficient (Wildman–Crippen LogP) is 6.82. The van der Waals surface area contributed by atoms with Crippen LogP contribution in [-0.4, -0.2) is 18.4 Å². The second-order valence-corrected chi connectivity index (χ2v) is 15.9. The van der Waals surface area contributed by atoms with Crippen molar-refractivity contribution in [3.05, 3.63) is 168 Å². The maximum atomic E-state index is 4.29. The first kappa shape index (κ1) is 29.2.